The zero-order valence-electron chi connectivity index (χ0n) is 7.65. The molecule has 0 saturated heterocycles. The fourth-order valence-corrected chi connectivity index (χ4v) is 1.08. The molecule has 0 aromatic heterocycles. The fraction of sp³-hybridized carbons (Fsp3) is 0.200. The van der Waals surface area contributed by atoms with Crippen LogP contribution in [0.2, 0.25) is 0 Å². The van der Waals surface area contributed by atoms with Gasteiger partial charge < -0.3 is 9.84 Å². The third-order valence-electron chi connectivity index (χ3n) is 1.68. The maximum Gasteiger partial charge on any atom is 0.309 e. The van der Waals surface area contributed by atoms with Crippen molar-refractivity contribution >= 4 is 5.97 Å². The van der Waals surface area contributed by atoms with Gasteiger partial charge in [0.15, 0.2) is 0 Å². The third-order valence-corrected chi connectivity index (χ3v) is 1.68. The van der Waals surface area contributed by atoms with E-state index in [2.05, 4.69) is 4.74 Å². The Bertz CT molecular complexity index is 393. The molecule has 0 spiro atoms. The second-order valence-corrected chi connectivity index (χ2v) is 2.75. The summed E-state index contributed by atoms with van der Waals surface area (Å²) in [5, 5.41) is 17.8. The number of ether oxygens (including phenoxy) is 1. The normalized spacial score (nSPS) is 9.14. The van der Waals surface area contributed by atoms with Crippen molar-refractivity contribution in [2.45, 2.75) is 6.42 Å². The number of carbonyl (C=O) groups excluding carboxylic acids is 1. The van der Waals surface area contributed by atoms with Gasteiger partial charge in [0.2, 0.25) is 0 Å². The lowest BCUT2D eigenvalue weighted by Crippen LogP contribution is -2.04. The summed E-state index contributed by atoms with van der Waals surface area (Å²) in [5.74, 6) is -0.428. The largest absolute Gasteiger partial charge is 0.508 e. The second kappa shape index (κ2) is 4.28. The summed E-state index contributed by atoms with van der Waals surface area (Å²) in [5.41, 5.74) is 0.886. The fourth-order valence-electron chi connectivity index (χ4n) is 1.08. The maximum atomic E-state index is 10.9. The summed E-state index contributed by atoms with van der Waals surface area (Å²) in [6.07, 6.45) is 0.0551. The van der Waals surface area contributed by atoms with Crippen LogP contribution in [0.5, 0.6) is 5.75 Å². The zero-order chi connectivity index (χ0) is 10.6. The molecule has 1 aromatic rings. The summed E-state index contributed by atoms with van der Waals surface area (Å²) in [6.45, 7) is 0. The minimum Gasteiger partial charge on any atom is -0.508 e. The first kappa shape index (κ1) is 10.1. The maximum absolute atomic E-state index is 10.9. The lowest BCUT2D eigenvalue weighted by atomic mass is 10.1. The zero-order valence-corrected chi connectivity index (χ0v) is 7.65. The highest BCUT2D eigenvalue weighted by Gasteiger charge is 2.05. The molecule has 0 radical (unpaired) electrons. The Hall–Kier alpha value is -2.02. The molecule has 0 amide bonds. The lowest BCUT2D eigenvalue weighted by Gasteiger charge is -2.01. The molecule has 14 heavy (non-hydrogen) atoms. The van der Waals surface area contributed by atoms with Crippen molar-refractivity contribution in [2.24, 2.45) is 0 Å². The van der Waals surface area contributed by atoms with E-state index in [1.807, 2.05) is 6.07 Å². The van der Waals surface area contributed by atoms with E-state index in [0.29, 0.717) is 11.1 Å². The minimum atomic E-state index is -0.403. The number of hydrogen-bond donors (Lipinski definition) is 1. The molecule has 0 saturated carbocycles. The van der Waals surface area contributed by atoms with Gasteiger partial charge in [-0.1, -0.05) is 0 Å². The molecule has 0 aliphatic carbocycles. The van der Waals surface area contributed by atoms with Crippen molar-refractivity contribution in [2.75, 3.05) is 7.11 Å². The highest BCUT2D eigenvalue weighted by molar-refractivity contribution is 5.72. The van der Waals surface area contributed by atoms with Crippen LogP contribution >= 0.6 is 0 Å². The predicted molar refractivity (Wildman–Crippen MR) is 48.5 cm³/mol. The van der Waals surface area contributed by atoms with Gasteiger partial charge in [0.1, 0.15) is 5.75 Å². The summed E-state index contributed by atoms with van der Waals surface area (Å²) in [6, 6.07) is 6.19. The van der Waals surface area contributed by atoms with Gasteiger partial charge in [0.05, 0.1) is 25.2 Å². The van der Waals surface area contributed by atoms with Crippen LogP contribution in [-0.4, -0.2) is 18.2 Å². The number of carbonyl (C=O) groups is 1. The lowest BCUT2D eigenvalue weighted by molar-refractivity contribution is -0.139. The van der Waals surface area contributed by atoms with Gasteiger partial charge in [-0.25, -0.2) is 0 Å². The molecule has 0 aliphatic heterocycles. The monoisotopic (exact) mass is 191 g/mol. The van der Waals surface area contributed by atoms with Crippen molar-refractivity contribution < 1.29 is 14.6 Å². The number of benzene rings is 1. The van der Waals surface area contributed by atoms with Gasteiger partial charge in [-0.3, -0.25) is 4.79 Å². The molecule has 1 aromatic carbocycles. The molecule has 4 heteroatoms. The Labute approximate surface area is 81.4 Å². The molecule has 0 heterocycles. The molecule has 0 aliphatic rings. The molecular weight excluding hydrogens is 182 g/mol. The van der Waals surface area contributed by atoms with Gasteiger partial charge in [0, 0.05) is 0 Å². The van der Waals surface area contributed by atoms with E-state index in [0.717, 1.165) is 0 Å². The first-order valence-electron chi connectivity index (χ1n) is 3.95. The second-order valence-electron chi connectivity index (χ2n) is 2.75. The van der Waals surface area contributed by atoms with E-state index in [9.17, 15) is 9.90 Å². The Morgan fingerprint density at radius 2 is 2.29 bits per heavy atom. The first-order valence-corrected chi connectivity index (χ1v) is 3.95. The summed E-state index contributed by atoms with van der Waals surface area (Å²) < 4.78 is 4.46. The SMILES string of the molecule is COC(=O)Cc1cc(O)cc(C#N)c1. The molecule has 0 bridgehead atoms. The number of hydrogen-bond acceptors (Lipinski definition) is 4. The predicted octanol–water partition coefficient (Wildman–Crippen LogP) is 0.979. The van der Waals surface area contributed by atoms with Crippen LogP contribution in [0.15, 0.2) is 18.2 Å². The molecule has 0 atom stereocenters. The highest BCUT2D eigenvalue weighted by atomic mass is 16.5. The highest BCUT2D eigenvalue weighted by Crippen LogP contribution is 2.15. The molecule has 1 rings (SSSR count). The van der Waals surface area contributed by atoms with Gasteiger partial charge in [-0.15, -0.1) is 0 Å². The number of rotatable bonds is 2. The van der Waals surface area contributed by atoms with Crippen molar-refractivity contribution in [3.63, 3.8) is 0 Å². The van der Waals surface area contributed by atoms with Crippen LogP contribution in [0.25, 0.3) is 0 Å². The van der Waals surface area contributed by atoms with Crippen molar-refractivity contribution in [1.29, 1.82) is 5.26 Å². The molecular formula is C10H9NO3. The molecule has 4 nitrogen and oxygen atoms in total. The van der Waals surface area contributed by atoms with E-state index < -0.39 is 5.97 Å². The van der Waals surface area contributed by atoms with Crippen molar-refractivity contribution in [1.82, 2.24) is 0 Å². The molecule has 72 valence electrons. The number of methoxy groups -OCH3 is 1. The van der Waals surface area contributed by atoms with Crippen LogP contribution in [0.4, 0.5) is 0 Å². The smallest absolute Gasteiger partial charge is 0.309 e. The number of nitrogens with zero attached hydrogens (tertiary/aromatic N) is 1. The third kappa shape index (κ3) is 2.49. The number of aromatic hydroxyl groups is 1. The average Bonchev–Trinajstić information content (AvgIpc) is 2.16. The standard InChI is InChI=1S/C10H9NO3/c1-14-10(13)5-7-2-8(6-11)4-9(12)3-7/h2-4,12H,5H2,1H3. The molecule has 1 N–H and O–H groups in total. The van der Waals surface area contributed by atoms with E-state index in [1.54, 1.807) is 0 Å². The van der Waals surface area contributed by atoms with Crippen LogP contribution in [0.3, 0.4) is 0 Å². The van der Waals surface area contributed by atoms with E-state index in [1.165, 1.54) is 25.3 Å². The Balaban J connectivity index is 2.93. The van der Waals surface area contributed by atoms with Gasteiger partial charge in [0.25, 0.3) is 0 Å². The molecule has 0 unspecified atom stereocenters. The quantitative estimate of drug-likeness (QED) is 0.707. The number of esters is 1. The van der Waals surface area contributed by atoms with Crippen molar-refractivity contribution in [3.05, 3.63) is 29.3 Å². The Kier molecular flexibility index (Phi) is 3.08. The van der Waals surface area contributed by atoms with E-state index >= 15 is 0 Å². The van der Waals surface area contributed by atoms with Gasteiger partial charge in [-0.05, 0) is 23.8 Å². The van der Waals surface area contributed by atoms with Crippen molar-refractivity contribution in [3.8, 4) is 11.8 Å². The van der Waals surface area contributed by atoms with Gasteiger partial charge in [-0.2, -0.15) is 5.26 Å². The van der Waals surface area contributed by atoms with Crippen LogP contribution in [-0.2, 0) is 16.0 Å². The Morgan fingerprint density at radius 3 is 2.86 bits per heavy atom. The molecule has 0 fully saturated rings. The van der Waals surface area contributed by atoms with E-state index in [4.69, 9.17) is 5.26 Å². The topological polar surface area (TPSA) is 70.3 Å². The average molecular weight is 191 g/mol. The number of phenolic OH excluding ortho intramolecular Hbond substituents is 1. The minimum absolute atomic E-state index is 0.0250. The van der Waals surface area contributed by atoms with Crippen LogP contribution in [0, 0.1) is 11.3 Å². The van der Waals surface area contributed by atoms with Crippen LogP contribution in [0.1, 0.15) is 11.1 Å². The first-order chi connectivity index (χ1) is 6.65. The summed E-state index contributed by atoms with van der Waals surface area (Å²) >= 11 is 0. The summed E-state index contributed by atoms with van der Waals surface area (Å²) in [4.78, 5) is 10.9. The summed E-state index contributed by atoms with van der Waals surface area (Å²) in [7, 11) is 1.29. The Morgan fingerprint density at radius 1 is 1.57 bits per heavy atom. The van der Waals surface area contributed by atoms with E-state index in [-0.39, 0.29) is 12.2 Å². The number of phenols is 1. The number of nitriles is 1. The van der Waals surface area contributed by atoms with Gasteiger partial charge >= 0.3 is 5.97 Å². The van der Waals surface area contributed by atoms with Crippen LogP contribution < -0.4 is 0 Å².